The zero-order valence-corrected chi connectivity index (χ0v) is 13.0. The molecule has 0 atom stereocenters. The van der Waals surface area contributed by atoms with Gasteiger partial charge in [-0.2, -0.15) is 4.98 Å². The molecule has 4 heterocycles. The Kier molecular flexibility index (Phi) is 2.77. The fraction of sp³-hybridized carbons (Fsp3) is 0.267. The predicted molar refractivity (Wildman–Crippen MR) is 87.5 cm³/mol. The Morgan fingerprint density at radius 3 is 3.17 bits per heavy atom. The molecule has 5 rings (SSSR count). The zero-order chi connectivity index (χ0) is 15.2. The Morgan fingerprint density at radius 1 is 1.22 bits per heavy atom. The molecule has 0 spiro atoms. The van der Waals surface area contributed by atoms with E-state index >= 15 is 0 Å². The van der Waals surface area contributed by atoms with E-state index in [-0.39, 0.29) is 0 Å². The van der Waals surface area contributed by atoms with Crippen LogP contribution in [0.1, 0.15) is 22.7 Å². The van der Waals surface area contributed by atoms with Gasteiger partial charge in [-0.1, -0.05) is 0 Å². The van der Waals surface area contributed by atoms with Gasteiger partial charge in [0.1, 0.15) is 17.0 Å². The first kappa shape index (κ1) is 12.9. The van der Waals surface area contributed by atoms with E-state index < -0.39 is 0 Å². The number of nitrogens with zero attached hydrogens (tertiary/aromatic N) is 6. The van der Waals surface area contributed by atoms with Gasteiger partial charge >= 0.3 is 0 Å². The van der Waals surface area contributed by atoms with Crippen LogP contribution >= 0.6 is 11.3 Å². The summed E-state index contributed by atoms with van der Waals surface area (Å²) in [4.78, 5) is 20.0. The third-order valence-corrected chi connectivity index (χ3v) is 5.28. The quantitative estimate of drug-likeness (QED) is 0.623. The monoisotopic (exact) mass is 323 g/mol. The molecule has 4 aromatic rings. The smallest absolute Gasteiger partial charge is 0.252 e. The molecule has 1 aliphatic rings. The van der Waals surface area contributed by atoms with Crippen LogP contribution in [0, 0.1) is 0 Å². The fourth-order valence-corrected chi connectivity index (χ4v) is 4.31. The van der Waals surface area contributed by atoms with Gasteiger partial charge in [0.25, 0.3) is 5.78 Å². The lowest BCUT2D eigenvalue weighted by Crippen LogP contribution is -2.04. The highest BCUT2D eigenvalue weighted by molar-refractivity contribution is 7.19. The molecule has 0 saturated carbocycles. The van der Waals surface area contributed by atoms with Gasteiger partial charge in [0.05, 0.1) is 11.9 Å². The maximum absolute atomic E-state index is 4.43. The van der Waals surface area contributed by atoms with Crippen molar-refractivity contribution in [1.29, 1.82) is 0 Å². The number of thiophene rings is 1. The Labute approximate surface area is 135 Å². The second-order valence-electron chi connectivity index (χ2n) is 5.51. The molecule has 0 aliphatic heterocycles. The number of nitrogens with one attached hydrogen (secondary N) is 1. The minimum absolute atomic E-state index is 0.514. The van der Waals surface area contributed by atoms with Crippen molar-refractivity contribution in [3.05, 3.63) is 41.1 Å². The van der Waals surface area contributed by atoms with Crippen LogP contribution in [0.15, 0.2) is 24.8 Å². The highest BCUT2D eigenvalue weighted by Crippen LogP contribution is 2.38. The maximum atomic E-state index is 4.43. The summed E-state index contributed by atoms with van der Waals surface area (Å²) in [6, 6.07) is 1.83. The molecule has 4 aromatic heterocycles. The van der Waals surface area contributed by atoms with Crippen molar-refractivity contribution >= 4 is 33.1 Å². The molecule has 0 saturated heterocycles. The average molecular weight is 323 g/mol. The summed E-state index contributed by atoms with van der Waals surface area (Å²) >= 11 is 1.79. The van der Waals surface area contributed by atoms with Crippen LogP contribution in [0.5, 0.6) is 0 Å². The highest BCUT2D eigenvalue weighted by Gasteiger charge is 2.21. The summed E-state index contributed by atoms with van der Waals surface area (Å²) < 4.78 is 1.68. The summed E-state index contributed by atoms with van der Waals surface area (Å²) in [5.41, 5.74) is 1.41. The number of hydrogen-bond acceptors (Lipinski definition) is 7. The van der Waals surface area contributed by atoms with Gasteiger partial charge in [-0.05, 0) is 30.9 Å². The van der Waals surface area contributed by atoms with Crippen molar-refractivity contribution in [2.24, 2.45) is 0 Å². The third kappa shape index (κ3) is 2.06. The molecule has 23 heavy (non-hydrogen) atoms. The molecular weight excluding hydrogens is 310 g/mol. The SMILES string of the molecule is c1cnc2nc(CNc3ncnc4sc5c(c34)CCC5)nn2c1. The molecule has 8 heteroatoms. The van der Waals surface area contributed by atoms with Crippen LogP contribution < -0.4 is 5.32 Å². The topological polar surface area (TPSA) is 80.9 Å². The molecule has 0 aromatic carbocycles. The Morgan fingerprint density at radius 2 is 2.22 bits per heavy atom. The zero-order valence-electron chi connectivity index (χ0n) is 12.2. The lowest BCUT2D eigenvalue weighted by Gasteiger charge is -2.05. The Bertz CT molecular complexity index is 986. The van der Waals surface area contributed by atoms with Crippen molar-refractivity contribution in [3.8, 4) is 0 Å². The van der Waals surface area contributed by atoms with Gasteiger partial charge in [-0.3, -0.25) is 0 Å². The van der Waals surface area contributed by atoms with Gasteiger partial charge in [0, 0.05) is 17.3 Å². The number of rotatable bonds is 3. The van der Waals surface area contributed by atoms with E-state index in [1.807, 2.05) is 12.3 Å². The molecule has 1 N–H and O–H groups in total. The minimum atomic E-state index is 0.514. The van der Waals surface area contributed by atoms with E-state index in [1.165, 1.54) is 22.2 Å². The molecule has 0 amide bonds. The lowest BCUT2D eigenvalue weighted by atomic mass is 10.2. The first-order valence-corrected chi connectivity index (χ1v) is 8.35. The van der Waals surface area contributed by atoms with Gasteiger partial charge in [0.15, 0.2) is 5.82 Å². The van der Waals surface area contributed by atoms with Crippen molar-refractivity contribution in [2.45, 2.75) is 25.8 Å². The van der Waals surface area contributed by atoms with Gasteiger partial charge < -0.3 is 5.32 Å². The van der Waals surface area contributed by atoms with E-state index in [2.05, 4.69) is 30.4 Å². The Balaban J connectivity index is 1.49. The molecule has 0 bridgehead atoms. The minimum Gasteiger partial charge on any atom is -0.362 e. The van der Waals surface area contributed by atoms with Crippen molar-refractivity contribution < 1.29 is 0 Å². The normalized spacial score (nSPS) is 13.7. The molecule has 1 aliphatic carbocycles. The summed E-state index contributed by atoms with van der Waals surface area (Å²) in [5.74, 6) is 2.18. The van der Waals surface area contributed by atoms with Crippen LogP contribution in [0.2, 0.25) is 0 Å². The van der Waals surface area contributed by atoms with Crippen LogP contribution in [0.3, 0.4) is 0 Å². The second-order valence-corrected chi connectivity index (χ2v) is 6.59. The number of hydrogen-bond donors (Lipinski definition) is 1. The maximum Gasteiger partial charge on any atom is 0.252 e. The van der Waals surface area contributed by atoms with Gasteiger partial charge in [0.2, 0.25) is 0 Å². The predicted octanol–water partition coefficient (Wildman–Crippen LogP) is 2.23. The Hall–Kier alpha value is -2.61. The summed E-state index contributed by atoms with van der Waals surface area (Å²) in [6.45, 7) is 0.514. The van der Waals surface area contributed by atoms with E-state index in [1.54, 1.807) is 28.4 Å². The van der Waals surface area contributed by atoms with Crippen molar-refractivity contribution in [3.63, 3.8) is 0 Å². The molecule has 114 valence electrons. The number of aryl methyl sites for hydroxylation is 2. The third-order valence-electron chi connectivity index (χ3n) is 4.08. The first-order chi connectivity index (χ1) is 11.4. The standard InChI is InChI=1S/C15H13N7S/c1-3-9-10(4-1)23-14-12(9)13(18-8-19-14)17-7-11-20-15-16-5-2-6-22(15)21-11/h2,5-6,8H,1,3-4,7H2,(H,17,18,19). The van der Waals surface area contributed by atoms with Gasteiger partial charge in [-0.25, -0.2) is 19.5 Å². The van der Waals surface area contributed by atoms with E-state index in [0.29, 0.717) is 18.1 Å². The molecular formula is C15H13N7S. The molecule has 0 radical (unpaired) electrons. The highest BCUT2D eigenvalue weighted by atomic mass is 32.1. The van der Waals surface area contributed by atoms with Crippen molar-refractivity contribution in [2.75, 3.05) is 5.32 Å². The average Bonchev–Trinajstić information content (AvgIpc) is 3.25. The molecule has 0 unspecified atom stereocenters. The summed E-state index contributed by atoms with van der Waals surface area (Å²) in [6.07, 6.45) is 8.68. The first-order valence-electron chi connectivity index (χ1n) is 7.54. The molecule has 7 nitrogen and oxygen atoms in total. The summed E-state index contributed by atoms with van der Waals surface area (Å²) in [5, 5.41) is 8.95. The van der Waals surface area contributed by atoms with Crippen LogP contribution in [0.4, 0.5) is 5.82 Å². The lowest BCUT2D eigenvalue weighted by molar-refractivity contribution is 0.881. The van der Waals surface area contributed by atoms with E-state index in [4.69, 9.17) is 0 Å². The largest absolute Gasteiger partial charge is 0.362 e. The fourth-order valence-electron chi connectivity index (χ4n) is 3.08. The van der Waals surface area contributed by atoms with Crippen molar-refractivity contribution in [1.82, 2.24) is 29.5 Å². The van der Waals surface area contributed by atoms with Crippen LogP contribution in [-0.2, 0) is 19.4 Å². The van der Waals surface area contributed by atoms with Crippen LogP contribution in [0.25, 0.3) is 16.0 Å². The van der Waals surface area contributed by atoms with Gasteiger partial charge in [-0.15, -0.1) is 16.4 Å². The number of anilines is 1. The number of aromatic nitrogens is 6. The van der Waals surface area contributed by atoms with E-state index in [0.717, 1.165) is 23.5 Å². The second kappa shape index (κ2) is 4.95. The van der Waals surface area contributed by atoms with Crippen LogP contribution in [-0.4, -0.2) is 29.5 Å². The van der Waals surface area contributed by atoms with E-state index in [9.17, 15) is 0 Å². The molecule has 0 fully saturated rings. The number of fused-ring (bicyclic) bond motifs is 4. The summed E-state index contributed by atoms with van der Waals surface area (Å²) in [7, 11) is 0.